The number of hydrogen-bond donors (Lipinski definition) is 1. The predicted molar refractivity (Wildman–Crippen MR) is 84.9 cm³/mol. The average Bonchev–Trinajstić information content (AvgIpc) is 3.17. The topological polar surface area (TPSA) is 48.1 Å². The predicted octanol–water partition coefficient (Wildman–Crippen LogP) is 2.96. The zero-order valence-electron chi connectivity index (χ0n) is 12.2. The third-order valence-electron chi connectivity index (χ3n) is 4.21. The van der Waals surface area contributed by atoms with Crippen molar-refractivity contribution in [2.75, 3.05) is 29.4 Å². The molecule has 5 nitrogen and oxygen atoms in total. The minimum absolute atomic E-state index is 0.888. The summed E-state index contributed by atoms with van der Waals surface area (Å²) < 4.78 is 0. The van der Waals surface area contributed by atoms with E-state index in [0.717, 1.165) is 42.5 Å². The molecule has 0 aliphatic carbocycles. The Bertz CT molecular complexity index is 681. The number of fused-ring (bicyclic) bond motifs is 1. The molecule has 108 valence electrons. The van der Waals surface area contributed by atoms with Gasteiger partial charge in [-0.15, -0.1) is 0 Å². The van der Waals surface area contributed by atoms with Crippen molar-refractivity contribution >= 4 is 23.3 Å². The number of pyridine rings is 1. The molecule has 0 atom stereocenters. The molecule has 0 unspecified atom stereocenters. The van der Waals surface area contributed by atoms with Gasteiger partial charge in [-0.1, -0.05) is 5.57 Å². The Morgan fingerprint density at radius 3 is 2.90 bits per heavy atom. The molecule has 5 heteroatoms. The number of aromatic amines is 1. The van der Waals surface area contributed by atoms with Crippen LogP contribution in [0.2, 0.25) is 0 Å². The molecule has 2 aromatic rings. The fourth-order valence-electron chi connectivity index (χ4n) is 3.22. The van der Waals surface area contributed by atoms with Crippen molar-refractivity contribution in [1.29, 1.82) is 0 Å². The van der Waals surface area contributed by atoms with Gasteiger partial charge in [-0.05, 0) is 38.0 Å². The molecule has 21 heavy (non-hydrogen) atoms. The second-order valence-corrected chi connectivity index (χ2v) is 5.78. The zero-order valence-corrected chi connectivity index (χ0v) is 12.2. The SMILES string of the molecule is CC1=Cc2ncccc2N(c2cn[nH]c2N2CCCC2)C1. The second kappa shape index (κ2) is 4.91. The lowest BCUT2D eigenvalue weighted by atomic mass is 10.1. The highest BCUT2D eigenvalue weighted by atomic mass is 15.3. The number of H-pyrrole nitrogens is 1. The van der Waals surface area contributed by atoms with Crippen molar-refractivity contribution in [2.45, 2.75) is 19.8 Å². The number of rotatable bonds is 2. The van der Waals surface area contributed by atoms with E-state index in [4.69, 9.17) is 0 Å². The molecular formula is C16H19N5. The Kier molecular flexibility index (Phi) is 2.91. The van der Waals surface area contributed by atoms with Gasteiger partial charge in [0.1, 0.15) is 11.5 Å². The van der Waals surface area contributed by atoms with Gasteiger partial charge in [0.2, 0.25) is 0 Å². The van der Waals surface area contributed by atoms with Gasteiger partial charge in [0.25, 0.3) is 0 Å². The molecule has 0 bridgehead atoms. The van der Waals surface area contributed by atoms with Gasteiger partial charge in [-0.25, -0.2) is 0 Å². The van der Waals surface area contributed by atoms with Crippen molar-refractivity contribution < 1.29 is 0 Å². The van der Waals surface area contributed by atoms with Gasteiger partial charge in [0.15, 0.2) is 0 Å². The van der Waals surface area contributed by atoms with E-state index in [1.54, 1.807) is 0 Å². The largest absolute Gasteiger partial charge is 0.355 e. The summed E-state index contributed by atoms with van der Waals surface area (Å²) in [5.74, 6) is 1.14. The standard InChI is InChI=1S/C16H19N5/c1-12-9-13-14(5-4-6-17-13)21(11-12)15-10-18-19-16(15)20-7-2-3-8-20/h4-6,9-10H,2-3,7-8,11H2,1H3,(H,18,19). The molecule has 4 heterocycles. The van der Waals surface area contributed by atoms with E-state index in [0.29, 0.717) is 0 Å². The Morgan fingerprint density at radius 1 is 1.19 bits per heavy atom. The molecule has 0 amide bonds. The van der Waals surface area contributed by atoms with Crippen molar-refractivity contribution in [3.63, 3.8) is 0 Å². The number of anilines is 3. The van der Waals surface area contributed by atoms with Crippen LogP contribution in [0, 0.1) is 0 Å². The van der Waals surface area contributed by atoms with Crippen LogP contribution in [-0.4, -0.2) is 34.8 Å². The van der Waals surface area contributed by atoms with Crippen molar-refractivity contribution in [3.05, 3.63) is 35.8 Å². The van der Waals surface area contributed by atoms with E-state index in [1.165, 1.54) is 18.4 Å². The Morgan fingerprint density at radius 2 is 2.05 bits per heavy atom. The monoisotopic (exact) mass is 281 g/mol. The van der Waals surface area contributed by atoms with Crippen molar-refractivity contribution in [2.24, 2.45) is 0 Å². The van der Waals surface area contributed by atoms with Gasteiger partial charge in [0, 0.05) is 25.8 Å². The summed E-state index contributed by atoms with van der Waals surface area (Å²) in [5.41, 5.74) is 4.66. The van der Waals surface area contributed by atoms with Crippen LogP contribution >= 0.6 is 0 Å². The maximum absolute atomic E-state index is 4.49. The normalized spacial score (nSPS) is 17.9. The molecule has 0 saturated carbocycles. The Hall–Kier alpha value is -2.30. The van der Waals surface area contributed by atoms with Crippen LogP contribution < -0.4 is 9.80 Å². The van der Waals surface area contributed by atoms with Gasteiger partial charge in [-0.3, -0.25) is 10.1 Å². The fraction of sp³-hybridized carbons (Fsp3) is 0.375. The summed E-state index contributed by atoms with van der Waals surface area (Å²) in [7, 11) is 0. The zero-order chi connectivity index (χ0) is 14.2. The lowest BCUT2D eigenvalue weighted by Crippen LogP contribution is -2.26. The molecule has 2 aliphatic heterocycles. The molecular weight excluding hydrogens is 262 g/mol. The number of hydrogen-bond acceptors (Lipinski definition) is 4. The minimum atomic E-state index is 0.888. The summed E-state index contributed by atoms with van der Waals surface area (Å²) >= 11 is 0. The van der Waals surface area contributed by atoms with Crippen LogP contribution in [0.3, 0.4) is 0 Å². The van der Waals surface area contributed by atoms with Crippen LogP contribution in [-0.2, 0) is 0 Å². The molecule has 0 spiro atoms. The second-order valence-electron chi connectivity index (χ2n) is 5.78. The molecule has 2 aliphatic rings. The first kappa shape index (κ1) is 12.4. The molecule has 1 N–H and O–H groups in total. The van der Waals surface area contributed by atoms with Crippen molar-refractivity contribution in [3.8, 4) is 0 Å². The maximum Gasteiger partial charge on any atom is 0.148 e. The summed E-state index contributed by atoms with van der Waals surface area (Å²) in [5, 5.41) is 7.48. The van der Waals surface area contributed by atoms with E-state index < -0.39 is 0 Å². The highest BCUT2D eigenvalue weighted by Gasteiger charge is 2.25. The van der Waals surface area contributed by atoms with Gasteiger partial charge < -0.3 is 9.80 Å². The van der Waals surface area contributed by atoms with Gasteiger partial charge in [-0.2, -0.15) is 5.10 Å². The third kappa shape index (κ3) is 2.09. The minimum Gasteiger partial charge on any atom is -0.355 e. The van der Waals surface area contributed by atoms with Crippen LogP contribution in [0.4, 0.5) is 17.2 Å². The van der Waals surface area contributed by atoms with Crippen LogP contribution in [0.5, 0.6) is 0 Å². The molecule has 1 fully saturated rings. The summed E-state index contributed by atoms with van der Waals surface area (Å²) in [6.07, 6.45) is 8.47. The summed E-state index contributed by atoms with van der Waals surface area (Å²) in [6.45, 7) is 5.26. The molecule has 0 radical (unpaired) electrons. The van der Waals surface area contributed by atoms with Crippen molar-refractivity contribution in [1.82, 2.24) is 15.2 Å². The first-order chi connectivity index (χ1) is 10.3. The van der Waals surface area contributed by atoms with Gasteiger partial charge in [0.05, 0.1) is 17.6 Å². The quantitative estimate of drug-likeness (QED) is 0.919. The summed E-state index contributed by atoms with van der Waals surface area (Å²) in [6, 6.07) is 4.13. The smallest absolute Gasteiger partial charge is 0.148 e. The first-order valence-electron chi connectivity index (χ1n) is 7.51. The van der Waals surface area contributed by atoms with E-state index in [1.807, 2.05) is 18.5 Å². The Balaban J connectivity index is 1.77. The molecule has 1 saturated heterocycles. The van der Waals surface area contributed by atoms with Crippen LogP contribution in [0.25, 0.3) is 6.08 Å². The Labute approximate surface area is 124 Å². The molecule has 2 aromatic heterocycles. The fourth-order valence-corrected chi connectivity index (χ4v) is 3.22. The number of aromatic nitrogens is 3. The molecule has 0 aromatic carbocycles. The van der Waals surface area contributed by atoms with E-state index in [9.17, 15) is 0 Å². The number of nitrogens with one attached hydrogen (secondary N) is 1. The van der Waals surface area contributed by atoms with Gasteiger partial charge >= 0.3 is 0 Å². The lowest BCUT2D eigenvalue weighted by molar-refractivity contribution is 0.913. The highest BCUT2D eigenvalue weighted by molar-refractivity contribution is 5.81. The number of nitrogens with zero attached hydrogens (tertiary/aromatic N) is 4. The highest BCUT2D eigenvalue weighted by Crippen LogP contribution is 2.38. The average molecular weight is 281 g/mol. The molecule has 4 rings (SSSR count). The first-order valence-corrected chi connectivity index (χ1v) is 7.51. The van der Waals surface area contributed by atoms with Crippen LogP contribution in [0.1, 0.15) is 25.5 Å². The maximum atomic E-state index is 4.49. The summed E-state index contributed by atoms with van der Waals surface area (Å²) in [4.78, 5) is 9.20. The third-order valence-corrected chi connectivity index (χ3v) is 4.21. The van der Waals surface area contributed by atoms with E-state index in [-0.39, 0.29) is 0 Å². The lowest BCUT2D eigenvalue weighted by Gasteiger charge is -2.31. The van der Waals surface area contributed by atoms with Crippen LogP contribution in [0.15, 0.2) is 30.1 Å². The van der Waals surface area contributed by atoms with E-state index >= 15 is 0 Å². The van der Waals surface area contributed by atoms with E-state index in [2.05, 4.69) is 44.0 Å².